The number of rotatable bonds is 2. The maximum Gasteiger partial charge on any atom is 0.185 e. The summed E-state index contributed by atoms with van der Waals surface area (Å²) < 4.78 is 23.6. The molecule has 1 N–H and O–H groups in total. The van der Waals surface area contributed by atoms with E-state index in [0.29, 0.717) is 28.8 Å². The summed E-state index contributed by atoms with van der Waals surface area (Å²) in [7, 11) is -3.46. The number of ketones is 1. The van der Waals surface area contributed by atoms with E-state index in [1.54, 1.807) is 0 Å². The second kappa shape index (κ2) is 4.42. The summed E-state index contributed by atoms with van der Waals surface area (Å²) in [4.78, 5) is 12.8. The summed E-state index contributed by atoms with van der Waals surface area (Å²) in [5, 5.41) is 11.6. The van der Waals surface area contributed by atoms with E-state index in [4.69, 9.17) is 5.21 Å². The quantitative estimate of drug-likeness (QED) is 0.515. The van der Waals surface area contributed by atoms with Crippen LogP contribution in [-0.2, 0) is 16.3 Å². The number of fused-ring (bicyclic) bond motifs is 1. The SMILES string of the molecule is CC1(C)CC(=O)c2c(S(C)(=O)=O)sc(/C=N/O)c2C1. The van der Waals surface area contributed by atoms with Crippen molar-refractivity contribution in [1.29, 1.82) is 0 Å². The van der Waals surface area contributed by atoms with Crippen LogP contribution in [0.1, 0.15) is 41.1 Å². The van der Waals surface area contributed by atoms with E-state index >= 15 is 0 Å². The van der Waals surface area contributed by atoms with E-state index in [1.807, 2.05) is 13.8 Å². The molecular weight excluding hydrogens is 286 g/mol. The molecule has 1 aliphatic carbocycles. The third kappa shape index (κ3) is 2.57. The van der Waals surface area contributed by atoms with Crippen molar-refractivity contribution in [3.05, 3.63) is 16.0 Å². The van der Waals surface area contributed by atoms with Gasteiger partial charge in [0, 0.05) is 12.7 Å². The van der Waals surface area contributed by atoms with Crippen molar-refractivity contribution in [3.63, 3.8) is 0 Å². The fourth-order valence-corrected chi connectivity index (χ4v) is 4.82. The van der Waals surface area contributed by atoms with Gasteiger partial charge >= 0.3 is 0 Å². The summed E-state index contributed by atoms with van der Waals surface area (Å²) in [6.45, 7) is 3.93. The van der Waals surface area contributed by atoms with Gasteiger partial charge < -0.3 is 5.21 Å². The molecule has 0 unspecified atom stereocenters. The fraction of sp³-hybridized carbons (Fsp3) is 0.500. The number of carbonyl (C=O) groups is 1. The van der Waals surface area contributed by atoms with Gasteiger partial charge in [-0.1, -0.05) is 19.0 Å². The lowest BCUT2D eigenvalue weighted by atomic mass is 9.74. The van der Waals surface area contributed by atoms with Crippen LogP contribution in [0.5, 0.6) is 0 Å². The highest BCUT2D eigenvalue weighted by molar-refractivity contribution is 7.92. The van der Waals surface area contributed by atoms with Crippen molar-refractivity contribution in [1.82, 2.24) is 0 Å². The lowest BCUT2D eigenvalue weighted by molar-refractivity contribution is 0.0910. The predicted octanol–water partition coefficient (Wildman–Crippen LogP) is 2.11. The van der Waals surface area contributed by atoms with Crippen LogP contribution in [0, 0.1) is 5.41 Å². The van der Waals surface area contributed by atoms with Crippen LogP contribution in [0.4, 0.5) is 0 Å². The first-order valence-electron chi connectivity index (χ1n) is 5.72. The molecule has 7 heteroatoms. The van der Waals surface area contributed by atoms with Crippen molar-refractivity contribution < 1.29 is 18.4 Å². The van der Waals surface area contributed by atoms with Crippen LogP contribution in [0.2, 0.25) is 0 Å². The highest BCUT2D eigenvalue weighted by atomic mass is 32.2. The number of Topliss-reactive ketones (excluding diaryl/α,β-unsaturated/α-hetero) is 1. The van der Waals surface area contributed by atoms with Gasteiger partial charge in [-0.3, -0.25) is 4.79 Å². The zero-order valence-electron chi connectivity index (χ0n) is 10.9. The Morgan fingerprint density at radius 2 is 2.00 bits per heavy atom. The summed E-state index contributed by atoms with van der Waals surface area (Å²) >= 11 is 0.993. The average Bonchev–Trinajstić information content (AvgIpc) is 2.56. The first-order chi connectivity index (χ1) is 8.65. The fourth-order valence-electron chi connectivity index (χ4n) is 2.40. The minimum absolute atomic E-state index is 0.0814. The predicted molar refractivity (Wildman–Crippen MR) is 73.2 cm³/mol. The van der Waals surface area contributed by atoms with Gasteiger partial charge in [0.15, 0.2) is 15.6 Å². The van der Waals surface area contributed by atoms with Crippen LogP contribution in [0.15, 0.2) is 9.36 Å². The molecule has 0 bridgehead atoms. The Kier molecular flexibility index (Phi) is 3.30. The Labute approximate surface area is 115 Å². The first kappa shape index (κ1) is 14.2. The minimum atomic E-state index is -3.46. The number of sulfone groups is 1. The van der Waals surface area contributed by atoms with Gasteiger partial charge in [0.2, 0.25) is 0 Å². The molecule has 0 radical (unpaired) electrons. The third-order valence-corrected chi connectivity index (χ3v) is 6.09. The van der Waals surface area contributed by atoms with Gasteiger partial charge in [0.1, 0.15) is 4.21 Å². The summed E-state index contributed by atoms with van der Waals surface area (Å²) in [6.07, 6.45) is 3.22. The van der Waals surface area contributed by atoms with Gasteiger partial charge in [-0.2, -0.15) is 0 Å². The molecule has 1 aromatic rings. The van der Waals surface area contributed by atoms with Crippen LogP contribution >= 0.6 is 11.3 Å². The summed E-state index contributed by atoms with van der Waals surface area (Å²) in [5.74, 6) is -0.152. The Hall–Kier alpha value is -1.21. The smallest absolute Gasteiger partial charge is 0.185 e. The number of oxime groups is 1. The Balaban J connectivity index is 2.75. The number of carbonyl (C=O) groups excluding carboxylic acids is 1. The van der Waals surface area contributed by atoms with Crippen LogP contribution < -0.4 is 0 Å². The van der Waals surface area contributed by atoms with Crippen molar-refractivity contribution in [2.45, 2.75) is 30.9 Å². The molecule has 0 saturated carbocycles. The molecule has 0 fully saturated rings. The number of thiophene rings is 1. The van der Waals surface area contributed by atoms with Crippen LogP contribution in [0.25, 0.3) is 0 Å². The monoisotopic (exact) mass is 301 g/mol. The number of hydrogen-bond donors (Lipinski definition) is 1. The zero-order valence-corrected chi connectivity index (χ0v) is 12.6. The third-order valence-electron chi connectivity index (χ3n) is 3.09. The molecule has 0 spiro atoms. The number of hydrogen-bond acceptors (Lipinski definition) is 6. The molecule has 1 aromatic heterocycles. The summed E-state index contributed by atoms with van der Waals surface area (Å²) in [6, 6.07) is 0. The normalized spacial score (nSPS) is 18.8. The van der Waals surface area contributed by atoms with Crippen molar-refractivity contribution >= 4 is 33.2 Å². The molecule has 0 saturated heterocycles. The molecule has 2 rings (SSSR count). The Morgan fingerprint density at radius 1 is 1.37 bits per heavy atom. The van der Waals surface area contributed by atoms with Crippen molar-refractivity contribution in [2.24, 2.45) is 10.6 Å². The highest BCUT2D eigenvalue weighted by Gasteiger charge is 2.37. The van der Waals surface area contributed by atoms with Gasteiger partial charge in [-0.05, 0) is 17.4 Å². The zero-order chi connectivity index (χ0) is 14.4. The minimum Gasteiger partial charge on any atom is -0.411 e. The summed E-state index contributed by atoms with van der Waals surface area (Å²) in [5.41, 5.74) is 0.768. The molecule has 0 amide bonds. The largest absolute Gasteiger partial charge is 0.411 e. The van der Waals surface area contributed by atoms with E-state index in [0.717, 1.165) is 17.6 Å². The van der Waals surface area contributed by atoms with Gasteiger partial charge in [-0.15, -0.1) is 11.3 Å². The lowest BCUT2D eigenvalue weighted by Crippen LogP contribution is -2.27. The van der Waals surface area contributed by atoms with E-state index in [1.165, 1.54) is 6.21 Å². The lowest BCUT2D eigenvalue weighted by Gasteiger charge is -2.29. The van der Waals surface area contributed by atoms with E-state index in [9.17, 15) is 13.2 Å². The molecule has 1 aliphatic rings. The van der Waals surface area contributed by atoms with Crippen LogP contribution in [0.3, 0.4) is 0 Å². The van der Waals surface area contributed by atoms with Crippen molar-refractivity contribution in [2.75, 3.05) is 6.26 Å². The maximum absolute atomic E-state index is 12.2. The molecule has 1 heterocycles. The van der Waals surface area contributed by atoms with Gasteiger partial charge in [0.05, 0.1) is 16.7 Å². The molecule has 104 valence electrons. The molecule has 19 heavy (non-hydrogen) atoms. The highest BCUT2D eigenvalue weighted by Crippen LogP contribution is 2.42. The number of nitrogens with zero attached hydrogens (tertiary/aromatic N) is 1. The van der Waals surface area contributed by atoms with E-state index in [-0.39, 0.29) is 15.4 Å². The topological polar surface area (TPSA) is 83.8 Å². The molecule has 0 atom stereocenters. The van der Waals surface area contributed by atoms with E-state index in [2.05, 4.69) is 5.16 Å². The maximum atomic E-state index is 12.2. The Morgan fingerprint density at radius 3 is 2.53 bits per heavy atom. The molecule has 0 aliphatic heterocycles. The van der Waals surface area contributed by atoms with Crippen molar-refractivity contribution in [3.8, 4) is 0 Å². The van der Waals surface area contributed by atoms with Gasteiger partial charge in [-0.25, -0.2) is 8.42 Å². The second-order valence-corrected chi connectivity index (χ2v) is 8.83. The average molecular weight is 301 g/mol. The van der Waals surface area contributed by atoms with Crippen LogP contribution in [-0.4, -0.2) is 31.9 Å². The second-order valence-electron chi connectivity index (χ2n) is 5.57. The first-order valence-corrected chi connectivity index (χ1v) is 8.43. The standard InChI is InChI=1S/C12H15NO4S2/c1-12(2)4-7-9(6-13-15)18-11(19(3,16)17)10(7)8(14)5-12/h6,15H,4-5H2,1-3H3/b13-6+. The van der Waals surface area contributed by atoms with Gasteiger partial charge in [0.25, 0.3) is 0 Å². The molecule has 5 nitrogen and oxygen atoms in total. The Bertz CT molecular complexity index is 668. The molecule has 0 aromatic carbocycles. The van der Waals surface area contributed by atoms with E-state index < -0.39 is 9.84 Å². The molecular formula is C12H15NO4S2.